The summed E-state index contributed by atoms with van der Waals surface area (Å²) in [6, 6.07) is 8.68. The second-order valence-corrected chi connectivity index (χ2v) is 5.32. The monoisotopic (exact) mass is 321 g/mol. The van der Waals surface area contributed by atoms with Crippen molar-refractivity contribution in [2.75, 3.05) is 0 Å². The van der Waals surface area contributed by atoms with Crippen molar-refractivity contribution in [3.05, 3.63) is 65.2 Å². The summed E-state index contributed by atoms with van der Waals surface area (Å²) in [4.78, 5) is 12.0. The molecular formula is C17H17F2NO3. The van der Waals surface area contributed by atoms with Crippen molar-refractivity contribution in [1.82, 2.24) is 5.32 Å². The van der Waals surface area contributed by atoms with E-state index in [0.29, 0.717) is 5.56 Å². The molecule has 23 heavy (non-hydrogen) atoms. The number of aromatic hydroxyl groups is 1. The van der Waals surface area contributed by atoms with Gasteiger partial charge in [-0.15, -0.1) is 0 Å². The molecule has 2 aromatic carbocycles. The SMILES string of the molecule is C[C@H](NC(=O)Cc1cccc(O)c1)[C@H](O)c1ccc(F)c(F)c1. The van der Waals surface area contributed by atoms with E-state index in [2.05, 4.69) is 5.32 Å². The van der Waals surface area contributed by atoms with E-state index in [0.717, 1.165) is 12.1 Å². The Morgan fingerprint density at radius 1 is 1.17 bits per heavy atom. The summed E-state index contributed by atoms with van der Waals surface area (Å²) in [6.45, 7) is 1.56. The highest BCUT2D eigenvalue weighted by Gasteiger charge is 2.20. The molecule has 6 heteroatoms. The fourth-order valence-electron chi connectivity index (χ4n) is 2.22. The van der Waals surface area contributed by atoms with Crippen LogP contribution in [0.25, 0.3) is 0 Å². The number of carbonyl (C=O) groups excluding carboxylic acids is 1. The van der Waals surface area contributed by atoms with Gasteiger partial charge in [0.05, 0.1) is 18.6 Å². The molecule has 0 saturated carbocycles. The molecule has 0 fully saturated rings. The largest absolute Gasteiger partial charge is 0.508 e. The van der Waals surface area contributed by atoms with Crippen LogP contribution in [-0.2, 0) is 11.2 Å². The Morgan fingerprint density at radius 2 is 1.91 bits per heavy atom. The summed E-state index contributed by atoms with van der Waals surface area (Å²) >= 11 is 0. The predicted octanol–water partition coefficient (Wildman–Crippen LogP) is 2.45. The van der Waals surface area contributed by atoms with Crippen molar-refractivity contribution in [3.63, 3.8) is 0 Å². The number of phenols is 1. The summed E-state index contributed by atoms with van der Waals surface area (Å²) in [5.41, 5.74) is 0.797. The highest BCUT2D eigenvalue weighted by molar-refractivity contribution is 5.79. The van der Waals surface area contributed by atoms with Crippen molar-refractivity contribution < 1.29 is 23.8 Å². The van der Waals surface area contributed by atoms with E-state index in [4.69, 9.17) is 0 Å². The minimum absolute atomic E-state index is 0.0310. The Hall–Kier alpha value is -2.47. The third-order valence-corrected chi connectivity index (χ3v) is 3.42. The number of rotatable bonds is 5. The van der Waals surface area contributed by atoms with Gasteiger partial charge in [0.15, 0.2) is 11.6 Å². The lowest BCUT2D eigenvalue weighted by Crippen LogP contribution is -2.38. The molecule has 1 amide bonds. The second-order valence-electron chi connectivity index (χ2n) is 5.32. The van der Waals surface area contributed by atoms with Crippen LogP contribution < -0.4 is 5.32 Å². The van der Waals surface area contributed by atoms with Gasteiger partial charge in [-0.1, -0.05) is 18.2 Å². The summed E-state index contributed by atoms with van der Waals surface area (Å²) in [7, 11) is 0. The molecule has 4 nitrogen and oxygen atoms in total. The Balaban J connectivity index is 1.98. The molecule has 0 aliphatic heterocycles. The first-order valence-corrected chi connectivity index (χ1v) is 7.07. The van der Waals surface area contributed by atoms with E-state index in [-0.39, 0.29) is 23.6 Å². The topological polar surface area (TPSA) is 69.6 Å². The number of aliphatic hydroxyl groups is 1. The fraction of sp³-hybridized carbons (Fsp3) is 0.235. The molecule has 0 unspecified atom stereocenters. The summed E-state index contributed by atoms with van der Waals surface area (Å²) < 4.78 is 26.1. The van der Waals surface area contributed by atoms with Crippen LogP contribution in [-0.4, -0.2) is 22.2 Å². The number of hydrogen-bond donors (Lipinski definition) is 3. The Kier molecular flexibility index (Phi) is 5.28. The lowest BCUT2D eigenvalue weighted by Gasteiger charge is -2.21. The lowest BCUT2D eigenvalue weighted by atomic mass is 10.0. The second kappa shape index (κ2) is 7.19. The van der Waals surface area contributed by atoms with Gasteiger partial charge < -0.3 is 15.5 Å². The van der Waals surface area contributed by atoms with Crippen LogP contribution in [0, 0.1) is 11.6 Å². The van der Waals surface area contributed by atoms with E-state index in [1.54, 1.807) is 19.1 Å². The van der Waals surface area contributed by atoms with Crippen molar-refractivity contribution in [3.8, 4) is 5.75 Å². The standard InChI is InChI=1S/C17H17F2NO3/c1-10(17(23)12-5-6-14(18)15(19)9-12)20-16(22)8-11-3-2-4-13(21)7-11/h2-7,9-10,17,21,23H,8H2,1H3,(H,20,22)/t10-,17-/m0/s1. The zero-order chi connectivity index (χ0) is 17.0. The first kappa shape index (κ1) is 16.9. The molecule has 2 atom stereocenters. The quantitative estimate of drug-likeness (QED) is 0.792. The summed E-state index contributed by atoms with van der Waals surface area (Å²) in [5.74, 6) is -2.35. The van der Waals surface area contributed by atoms with Gasteiger partial charge in [0.2, 0.25) is 5.91 Å². The van der Waals surface area contributed by atoms with E-state index in [1.165, 1.54) is 18.2 Å². The van der Waals surface area contributed by atoms with Crippen LogP contribution in [0.4, 0.5) is 8.78 Å². The predicted molar refractivity (Wildman–Crippen MR) is 80.7 cm³/mol. The Bertz CT molecular complexity index is 706. The Labute approximate surface area is 132 Å². The maximum Gasteiger partial charge on any atom is 0.224 e. The van der Waals surface area contributed by atoms with E-state index in [9.17, 15) is 23.8 Å². The van der Waals surface area contributed by atoms with Gasteiger partial charge in [0, 0.05) is 0 Å². The smallest absolute Gasteiger partial charge is 0.224 e. The van der Waals surface area contributed by atoms with Crippen LogP contribution >= 0.6 is 0 Å². The van der Waals surface area contributed by atoms with E-state index < -0.39 is 23.8 Å². The zero-order valence-electron chi connectivity index (χ0n) is 12.5. The number of aliphatic hydroxyl groups excluding tert-OH is 1. The van der Waals surface area contributed by atoms with Gasteiger partial charge in [-0.25, -0.2) is 8.78 Å². The fourth-order valence-corrected chi connectivity index (χ4v) is 2.22. The third kappa shape index (κ3) is 4.50. The van der Waals surface area contributed by atoms with Gasteiger partial charge in [-0.3, -0.25) is 4.79 Å². The van der Waals surface area contributed by atoms with Gasteiger partial charge in [0.25, 0.3) is 0 Å². The summed E-state index contributed by atoms with van der Waals surface area (Å²) in [6.07, 6.45) is -1.14. The number of halogens is 2. The molecular weight excluding hydrogens is 304 g/mol. The Morgan fingerprint density at radius 3 is 2.57 bits per heavy atom. The van der Waals surface area contributed by atoms with Crippen molar-refractivity contribution in [2.45, 2.75) is 25.5 Å². The first-order valence-electron chi connectivity index (χ1n) is 7.07. The van der Waals surface area contributed by atoms with Gasteiger partial charge >= 0.3 is 0 Å². The van der Waals surface area contributed by atoms with Crippen LogP contribution in [0.5, 0.6) is 5.75 Å². The molecule has 0 aliphatic carbocycles. The maximum absolute atomic E-state index is 13.2. The molecule has 122 valence electrons. The molecule has 2 rings (SSSR count). The summed E-state index contributed by atoms with van der Waals surface area (Å²) in [5, 5.41) is 22.1. The average Bonchev–Trinajstić information content (AvgIpc) is 2.49. The highest BCUT2D eigenvalue weighted by atomic mass is 19.2. The van der Waals surface area contributed by atoms with Gasteiger partial charge in [-0.05, 0) is 42.3 Å². The number of hydrogen-bond acceptors (Lipinski definition) is 3. The van der Waals surface area contributed by atoms with Crippen molar-refractivity contribution >= 4 is 5.91 Å². The van der Waals surface area contributed by atoms with E-state index >= 15 is 0 Å². The third-order valence-electron chi connectivity index (χ3n) is 3.42. The zero-order valence-corrected chi connectivity index (χ0v) is 12.5. The number of carbonyl (C=O) groups is 1. The number of amides is 1. The molecule has 2 aromatic rings. The molecule has 0 radical (unpaired) electrons. The maximum atomic E-state index is 13.2. The molecule has 0 bridgehead atoms. The molecule has 0 heterocycles. The molecule has 0 aliphatic rings. The first-order chi connectivity index (χ1) is 10.9. The molecule has 0 spiro atoms. The van der Waals surface area contributed by atoms with Crippen LogP contribution in [0.3, 0.4) is 0 Å². The molecule has 0 aromatic heterocycles. The van der Waals surface area contributed by atoms with Gasteiger partial charge in [0.1, 0.15) is 5.75 Å². The lowest BCUT2D eigenvalue weighted by molar-refractivity contribution is -0.121. The van der Waals surface area contributed by atoms with Crippen molar-refractivity contribution in [1.29, 1.82) is 0 Å². The molecule has 3 N–H and O–H groups in total. The van der Waals surface area contributed by atoms with E-state index in [1.807, 2.05) is 0 Å². The minimum atomic E-state index is -1.17. The highest BCUT2D eigenvalue weighted by Crippen LogP contribution is 2.19. The molecule has 0 saturated heterocycles. The normalized spacial score (nSPS) is 13.4. The van der Waals surface area contributed by atoms with Crippen molar-refractivity contribution in [2.24, 2.45) is 0 Å². The minimum Gasteiger partial charge on any atom is -0.508 e. The number of phenolic OH excluding ortho intramolecular Hbond substituents is 1. The van der Waals surface area contributed by atoms with Gasteiger partial charge in [-0.2, -0.15) is 0 Å². The van der Waals surface area contributed by atoms with Crippen LogP contribution in [0.2, 0.25) is 0 Å². The number of nitrogens with one attached hydrogen (secondary N) is 1. The van der Waals surface area contributed by atoms with Crippen LogP contribution in [0.15, 0.2) is 42.5 Å². The van der Waals surface area contributed by atoms with Crippen LogP contribution in [0.1, 0.15) is 24.2 Å². The average molecular weight is 321 g/mol. The number of benzene rings is 2.